The Bertz CT molecular complexity index is 637. The van der Waals surface area contributed by atoms with Crippen molar-refractivity contribution in [3.8, 4) is 5.75 Å². The summed E-state index contributed by atoms with van der Waals surface area (Å²) in [5.41, 5.74) is 2.19. The fourth-order valence-electron chi connectivity index (χ4n) is 3.27. The van der Waals surface area contributed by atoms with Crippen molar-refractivity contribution in [2.45, 2.75) is 45.6 Å². The zero-order valence-electron chi connectivity index (χ0n) is 17.2. The van der Waals surface area contributed by atoms with Gasteiger partial charge in [0.05, 0.1) is 20.2 Å². The molecule has 1 aliphatic rings. The average molecular weight is 375 g/mol. The standard InChI is InChI=1S/C21H34N4O2/c1-16-10-11-18(19(12-16)27-4)14-23-21(24-15-20(26)25(2)3)22-13-17-8-6-5-7-9-17/h10-12,17H,5-9,13-15H2,1-4H3,(H2,22,23,24). The predicted octanol–water partition coefficient (Wildman–Crippen LogP) is 2.71. The van der Waals surface area contributed by atoms with Crippen LogP contribution >= 0.6 is 0 Å². The zero-order chi connectivity index (χ0) is 19.6. The van der Waals surface area contributed by atoms with Gasteiger partial charge in [-0.2, -0.15) is 0 Å². The molecule has 1 aromatic carbocycles. The summed E-state index contributed by atoms with van der Waals surface area (Å²) in [6.07, 6.45) is 6.50. The third-order valence-corrected chi connectivity index (χ3v) is 5.04. The fraction of sp³-hybridized carbons (Fsp3) is 0.619. The van der Waals surface area contributed by atoms with E-state index >= 15 is 0 Å². The highest BCUT2D eigenvalue weighted by molar-refractivity contribution is 5.86. The van der Waals surface area contributed by atoms with Crippen molar-refractivity contribution in [3.63, 3.8) is 0 Å². The Morgan fingerprint density at radius 3 is 2.63 bits per heavy atom. The van der Waals surface area contributed by atoms with E-state index in [1.54, 1.807) is 26.1 Å². The summed E-state index contributed by atoms with van der Waals surface area (Å²) in [6.45, 7) is 3.67. The maximum Gasteiger partial charge on any atom is 0.241 e. The average Bonchev–Trinajstić information content (AvgIpc) is 2.68. The second kappa shape index (κ2) is 10.8. The second-order valence-corrected chi connectivity index (χ2v) is 7.51. The summed E-state index contributed by atoms with van der Waals surface area (Å²) >= 11 is 0. The van der Waals surface area contributed by atoms with Crippen LogP contribution in [0.3, 0.4) is 0 Å². The number of aliphatic imine (C=N–C) groups is 1. The molecule has 1 saturated carbocycles. The largest absolute Gasteiger partial charge is 0.496 e. The summed E-state index contributed by atoms with van der Waals surface area (Å²) in [7, 11) is 5.19. The number of likely N-dealkylation sites (N-methyl/N-ethyl adjacent to an activating group) is 1. The van der Waals surface area contributed by atoms with Crippen molar-refractivity contribution in [2.75, 3.05) is 34.3 Å². The lowest BCUT2D eigenvalue weighted by molar-refractivity contribution is -0.127. The van der Waals surface area contributed by atoms with Gasteiger partial charge in [-0.15, -0.1) is 0 Å². The Labute approximate surface area is 163 Å². The Morgan fingerprint density at radius 1 is 1.22 bits per heavy atom. The summed E-state index contributed by atoms with van der Waals surface area (Å²) in [6, 6.07) is 6.12. The number of methoxy groups -OCH3 is 1. The van der Waals surface area contributed by atoms with Crippen LogP contribution in [0.5, 0.6) is 5.75 Å². The number of ether oxygens (including phenoxy) is 1. The Hall–Kier alpha value is -2.24. The first-order chi connectivity index (χ1) is 13.0. The van der Waals surface area contributed by atoms with Crippen LogP contribution in [-0.2, 0) is 11.3 Å². The van der Waals surface area contributed by atoms with Gasteiger partial charge in [-0.25, -0.2) is 4.99 Å². The van der Waals surface area contributed by atoms with Crippen molar-refractivity contribution in [3.05, 3.63) is 29.3 Å². The molecule has 0 aromatic heterocycles. The van der Waals surface area contributed by atoms with E-state index in [0.717, 1.165) is 23.4 Å². The molecular weight excluding hydrogens is 340 g/mol. The zero-order valence-corrected chi connectivity index (χ0v) is 17.2. The lowest BCUT2D eigenvalue weighted by Gasteiger charge is -2.23. The summed E-state index contributed by atoms with van der Waals surface area (Å²) in [4.78, 5) is 18.2. The number of amides is 1. The van der Waals surface area contributed by atoms with Gasteiger partial charge in [0.1, 0.15) is 5.75 Å². The first kappa shape index (κ1) is 21.1. The molecule has 0 radical (unpaired) electrons. The minimum Gasteiger partial charge on any atom is -0.496 e. The quantitative estimate of drug-likeness (QED) is 0.569. The van der Waals surface area contributed by atoms with Gasteiger partial charge in [-0.1, -0.05) is 31.4 Å². The number of carbonyl (C=O) groups is 1. The Balaban J connectivity index is 2.02. The molecule has 1 aromatic rings. The van der Waals surface area contributed by atoms with Gasteiger partial charge in [0.2, 0.25) is 5.91 Å². The van der Waals surface area contributed by atoms with Crippen LogP contribution in [0.25, 0.3) is 0 Å². The molecule has 1 fully saturated rings. The van der Waals surface area contributed by atoms with Crippen molar-refractivity contribution in [2.24, 2.45) is 10.9 Å². The highest BCUT2D eigenvalue weighted by Gasteiger charge is 2.14. The minimum absolute atomic E-state index is 0.0232. The lowest BCUT2D eigenvalue weighted by Crippen LogP contribution is -2.44. The molecule has 1 aliphatic carbocycles. The van der Waals surface area contributed by atoms with Crippen LogP contribution in [0.4, 0.5) is 0 Å². The molecule has 0 unspecified atom stereocenters. The molecule has 0 atom stereocenters. The summed E-state index contributed by atoms with van der Waals surface area (Å²) in [5, 5.41) is 6.60. The van der Waals surface area contributed by atoms with Crippen LogP contribution in [0.1, 0.15) is 43.2 Å². The SMILES string of the molecule is COc1cc(C)ccc1CN=C(NCC(=O)N(C)C)NCC1CCCCC1. The predicted molar refractivity (Wildman–Crippen MR) is 110 cm³/mol. The summed E-state index contributed by atoms with van der Waals surface area (Å²) in [5.74, 6) is 2.23. The van der Waals surface area contributed by atoms with Crippen LogP contribution in [0.15, 0.2) is 23.2 Å². The maximum atomic E-state index is 11.9. The molecule has 0 heterocycles. The molecule has 150 valence electrons. The van der Waals surface area contributed by atoms with E-state index < -0.39 is 0 Å². The van der Waals surface area contributed by atoms with Crippen molar-refractivity contribution in [1.29, 1.82) is 0 Å². The topological polar surface area (TPSA) is 66.0 Å². The first-order valence-corrected chi connectivity index (χ1v) is 9.85. The van der Waals surface area contributed by atoms with E-state index in [0.29, 0.717) is 18.4 Å². The van der Waals surface area contributed by atoms with Crippen molar-refractivity contribution >= 4 is 11.9 Å². The monoisotopic (exact) mass is 374 g/mol. The lowest BCUT2D eigenvalue weighted by atomic mass is 9.89. The number of hydrogen-bond acceptors (Lipinski definition) is 3. The Morgan fingerprint density at radius 2 is 1.96 bits per heavy atom. The molecule has 2 rings (SSSR count). The number of hydrogen-bond donors (Lipinski definition) is 2. The van der Waals surface area contributed by atoms with Gasteiger partial charge in [0.15, 0.2) is 5.96 Å². The van der Waals surface area contributed by atoms with E-state index in [1.165, 1.54) is 32.1 Å². The van der Waals surface area contributed by atoms with Gasteiger partial charge >= 0.3 is 0 Å². The van der Waals surface area contributed by atoms with Crippen molar-refractivity contribution in [1.82, 2.24) is 15.5 Å². The Kier molecular flexibility index (Phi) is 8.43. The molecule has 6 nitrogen and oxygen atoms in total. The minimum atomic E-state index is 0.0232. The van der Waals surface area contributed by atoms with E-state index in [9.17, 15) is 4.79 Å². The smallest absolute Gasteiger partial charge is 0.241 e. The van der Waals surface area contributed by atoms with Crippen LogP contribution in [0, 0.1) is 12.8 Å². The second-order valence-electron chi connectivity index (χ2n) is 7.51. The molecule has 2 N–H and O–H groups in total. The van der Waals surface area contributed by atoms with Crippen LogP contribution < -0.4 is 15.4 Å². The highest BCUT2D eigenvalue weighted by Crippen LogP contribution is 2.23. The molecule has 0 bridgehead atoms. The van der Waals surface area contributed by atoms with Gasteiger partial charge in [-0.3, -0.25) is 4.79 Å². The van der Waals surface area contributed by atoms with E-state index in [2.05, 4.69) is 16.7 Å². The normalized spacial score (nSPS) is 15.3. The third-order valence-electron chi connectivity index (χ3n) is 5.04. The number of benzene rings is 1. The first-order valence-electron chi connectivity index (χ1n) is 9.85. The molecule has 0 aliphatic heterocycles. The van der Waals surface area contributed by atoms with Gasteiger partial charge in [0, 0.05) is 26.2 Å². The fourth-order valence-corrected chi connectivity index (χ4v) is 3.27. The molecule has 6 heteroatoms. The summed E-state index contributed by atoms with van der Waals surface area (Å²) < 4.78 is 5.47. The number of aryl methyl sites for hydroxylation is 1. The maximum absolute atomic E-state index is 11.9. The molecule has 1 amide bonds. The molecule has 27 heavy (non-hydrogen) atoms. The number of rotatable bonds is 7. The number of nitrogens with one attached hydrogen (secondary N) is 2. The van der Waals surface area contributed by atoms with E-state index in [4.69, 9.17) is 9.73 Å². The van der Waals surface area contributed by atoms with Crippen molar-refractivity contribution < 1.29 is 9.53 Å². The van der Waals surface area contributed by atoms with Gasteiger partial charge in [-0.05, 0) is 37.3 Å². The molecular formula is C21H34N4O2. The van der Waals surface area contributed by atoms with Crippen LogP contribution in [-0.4, -0.2) is 51.1 Å². The highest BCUT2D eigenvalue weighted by atomic mass is 16.5. The number of guanidine groups is 1. The van der Waals surface area contributed by atoms with Crippen LogP contribution in [0.2, 0.25) is 0 Å². The van der Waals surface area contributed by atoms with E-state index in [1.807, 2.05) is 19.1 Å². The van der Waals surface area contributed by atoms with E-state index in [-0.39, 0.29) is 12.5 Å². The third kappa shape index (κ3) is 7.12. The van der Waals surface area contributed by atoms with Gasteiger partial charge in [0.25, 0.3) is 0 Å². The number of carbonyl (C=O) groups excluding carboxylic acids is 1. The molecule has 0 saturated heterocycles. The molecule has 0 spiro atoms. The number of nitrogens with zero attached hydrogens (tertiary/aromatic N) is 2. The van der Waals surface area contributed by atoms with Gasteiger partial charge < -0.3 is 20.3 Å².